The maximum absolute atomic E-state index is 9.78. The van der Waals surface area contributed by atoms with Gasteiger partial charge in [0.1, 0.15) is 5.52 Å². The first kappa shape index (κ1) is 15.0. The van der Waals surface area contributed by atoms with Gasteiger partial charge >= 0.3 is 0 Å². The maximum Gasteiger partial charge on any atom is 0.224 e. The molecule has 22 heavy (non-hydrogen) atoms. The van der Waals surface area contributed by atoms with Gasteiger partial charge in [0.2, 0.25) is 5.95 Å². The summed E-state index contributed by atoms with van der Waals surface area (Å²) in [5, 5.41) is 9.78. The van der Waals surface area contributed by atoms with Crippen LogP contribution in [0.1, 0.15) is 33.6 Å². The van der Waals surface area contributed by atoms with E-state index in [0.29, 0.717) is 22.9 Å². The van der Waals surface area contributed by atoms with Crippen LogP contribution in [0.2, 0.25) is 0 Å². The highest BCUT2D eigenvalue weighted by Gasteiger charge is 2.50. The number of imidazole rings is 1. The van der Waals surface area contributed by atoms with E-state index in [1.807, 2.05) is 4.57 Å². The number of aliphatic hydroxyl groups is 1. The van der Waals surface area contributed by atoms with Crippen molar-refractivity contribution in [2.45, 2.75) is 40.2 Å². The van der Waals surface area contributed by atoms with Gasteiger partial charge in [0.05, 0.1) is 6.33 Å². The monoisotopic (exact) mass is 304 g/mol. The summed E-state index contributed by atoms with van der Waals surface area (Å²) in [4.78, 5) is 12.5. The molecule has 2 atom stereocenters. The molecule has 3 rings (SSSR count). The number of nitrogen functional groups attached to an aromatic ring is 2. The predicted octanol–water partition coefficient (Wildman–Crippen LogP) is 1.43. The zero-order valence-corrected chi connectivity index (χ0v) is 13.4. The van der Waals surface area contributed by atoms with Gasteiger partial charge in [-0.3, -0.25) is 0 Å². The summed E-state index contributed by atoms with van der Waals surface area (Å²) in [6.07, 6.45) is 3.84. The molecule has 0 aromatic carbocycles. The SMILES string of the molecule is CC1(C)[C@@H](Cn2cnc3c(N)nc(N)nc32)CC[C@@]1(C)CO. The van der Waals surface area contributed by atoms with E-state index >= 15 is 0 Å². The molecule has 7 heteroatoms. The minimum atomic E-state index is -0.0545. The van der Waals surface area contributed by atoms with E-state index in [4.69, 9.17) is 11.5 Å². The van der Waals surface area contributed by atoms with Crippen LogP contribution in [-0.2, 0) is 6.54 Å². The molecular formula is C15H24N6O. The van der Waals surface area contributed by atoms with Gasteiger partial charge in [-0.25, -0.2) is 4.98 Å². The second-order valence-corrected chi connectivity index (χ2v) is 7.21. The lowest BCUT2D eigenvalue weighted by molar-refractivity contribution is 0.0219. The Morgan fingerprint density at radius 1 is 1.32 bits per heavy atom. The number of anilines is 2. The van der Waals surface area contributed by atoms with Gasteiger partial charge in [0, 0.05) is 13.2 Å². The van der Waals surface area contributed by atoms with Crippen molar-refractivity contribution in [3.63, 3.8) is 0 Å². The molecule has 0 spiro atoms. The van der Waals surface area contributed by atoms with E-state index in [1.54, 1.807) is 6.33 Å². The van der Waals surface area contributed by atoms with Crippen LogP contribution in [0, 0.1) is 16.7 Å². The molecule has 0 saturated heterocycles. The highest BCUT2D eigenvalue weighted by molar-refractivity contribution is 5.82. The Hall–Kier alpha value is -1.89. The molecular weight excluding hydrogens is 280 g/mol. The lowest BCUT2D eigenvalue weighted by Crippen LogP contribution is -2.38. The van der Waals surface area contributed by atoms with Crippen LogP contribution in [0.15, 0.2) is 6.33 Å². The Kier molecular flexibility index (Phi) is 3.28. The fraction of sp³-hybridized carbons (Fsp3) is 0.667. The van der Waals surface area contributed by atoms with Crippen LogP contribution < -0.4 is 11.5 Å². The number of hydrogen-bond donors (Lipinski definition) is 3. The van der Waals surface area contributed by atoms with Gasteiger partial charge in [-0.15, -0.1) is 0 Å². The van der Waals surface area contributed by atoms with Crippen molar-refractivity contribution in [2.75, 3.05) is 18.1 Å². The maximum atomic E-state index is 9.78. The predicted molar refractivity (Wildman–Crippen MR) is 85.8 cm³/mol. The molecule has 0 amide bonds. The van der Waals surface area contributed by atoms with Gasteiger partial charge in [-0.2, -0.15) is 9.97 Å². The molecule has 2 heterocycles. The first-order valence-corrected chi connectivity index (χ1v) is 7.63. The Balaban J connectivity index is 1.95. The van der Waals surface area contributed by atoms with Crippen molar-refractivity contribution in [1.82, 2.24) is 19.5 Å². The van der Waals surface area contributed by atoms with Gasteiger partial charge in [-0.1, -0.05) is 20.8 Å². The highest BCUT2D eigenvalue weighted by atomic mass is 16.3. The van der Waals surface area contributed by atoms with Crippen LogP contribution in [0.4, 0.5) is 11.8 Å². The molecule has 120 valence electrons. The van der Waals surface area contributed by atoms with Crippen molar-refractivity contribution in [2.24, 2.45) is 16.7 Å². The van der Waals surface area contributed by atoms with Crippen molar-refractivity contribution < 1.29 is 5.11 Å². The Labute approximate surface area is 129 Å². The topological polar surface area (TPSA) is 116 Å². The van der Waals surface area contributed by atoms with Crippen LogP contribution in [0.5, 0.6) is 0 Å². The van der Waals surface area contributed by atoms with Crippen molar-refractivity contribution in [1.29, 1.82) is 0 Å². The largest absolute Gasteiger partial charge is 0.396 e. The van der Waals surface area contributed by atoms with E-state index < -0.39 is 0 Å². The highest BCUT2D eigenvalue weighted by Crippen LogP contribution is 2.56. The molecule has 1 saturated carbocycles. The van der Waals surface area contributed by atoms with Gasteiger partial charge in [0.25, 0.3) is 0 Å². The molecule has 0 bridgehead atoms. The average molecular weight is 304 g/mol. The molecule has 5 N–H and O–H groups in total. The molecule has 0 unspecified atom stereocenters. The zero-order chi connectivity index (χ0) is 16.1. The van der Waals surface area contributed by atoms with E-state index in [9.17, 15) is 5.11 Å². The fourth-order valence-corrected chi connectivity index (χ4v) is 3.63. The minimum Gasteiger partial charge on any atom is -0.396 e. The summed E-state index contributed by atoms with van der Waals surface area (Å²) in [5.74, 6) is 0.907. The number of aromatic nitrogens is 4. The van der Waals surface area contributed by atoms with Crippen LogP contribution in [-0.4, -0.2) is 31.2 Å². The van der Waals surface area contributed by atoms with Crippen molar-refractivity contribution in [3.8, 4) is 0 Å². The Morgan fingerprint density at radius 3 is 2.68 bits per heavy atom. The molecule has 2 aromatic rings. The third-order valence-corrected chi connectivity index (χ3v) is 5.89. The fourth-order valence-electron chi connectivity index (χ4n) is 3.63. The van der Waals surface area contributed by atoms with Gasteiger partial charge < -0.3 is 21.1 Å². The first-order valence-electron chi connectivity index (χ1n) is 7.63. The van der Waals surface area contributed by atoms with Crippen molar-refractivity contribution >= 4 is 22.9 Å². The third-order valence-electron chi connectivity index (χ3n) is 5.89. The van der Waals surface area contributed by atoms with Crippen LogP contribution in [0.3, 0.4) is 0 Å². The number of rotatable bonds is 3. The second kappa shape index (κ2) is 4.81. The molecule has 0 aliphatic heterocycles. The molecule has 7 nitrogen and oxygen atoms in total. The summed E-state index contributed by atoms with van der Waals surface area (Å²) in [6.45, 7) is 7.63. The van der Waals surface area contributed by atoms with Crippen LogP contribution >= 0.6 is 0 Å². The molecule has 0 radical (unpaired) electrons. The third kappa shape index (κ3) is 2.03. The first-order chi connectivity index (χ1) is 10.3. The Bertz CT molecular complexity index is 709. The number of fused-ring (bicyclic) bond motifs is 1. The van der Waals surface area contributed by atoms with Gasteiger partial charge in [-0.05, 0) is 29.6 Å². The second-order valence-electron chi connectivity index (χ2n) is 7.21. The number of nitrogens with zero attached hydrogens (tertiary/aromatic N) is 4. The Morgan fingerprint density at radius 2 is 2.05 bits per heavy atom. The summed E-state index contributed by atoms with van der Waals surface area (Å²) in [5.41, 5.74) is 12.8. The summed E-state index contributed by atoms with van der Waals surface area (Å²) < 4.78 is 2.00. The van der Waals surface area contributed by atoms with E-state index in [1.165, 1.54) is 0 Å². The van der Waals surface area contributed by atoms with Crippen molar-refractivity contribution in [3.05, 3.63) is 6.33 Å². The quantitative estimate of drug-likeness (QED) is 0.790. The summed E-state index contributed by atoms with van der Waals surface area (Å²) >= 11 is 0. The normalized spacial score (nSPS) is 27.5. The number of nitrogens with two attached hydrogens (primary N) is 2. The summed E-state index contributed by atoms with van der Waals surface area (Å²) in [7, 11) is 0. The van der Waals surface area contributed by atoms with E-state index in [-0.39, 0.29) is 23.4 Å². The molecule has 1 fully saturated rings. The standard InChI is InChI=1S/C15H24N6O/c1-14(2)9(4-5-15(14,3)7-22)6-21-8-18-10-11(16)19-13(17)20-12(10)21/h8-9,22H,4-7H2,1-3H3,(H4,16,17,19,20)/t9-,15+/m1/s1. The van der Waals surface area contributed by atoms with Gasteiger partial charge in [0.15, 0.2) is 11.5 Å². The number of hydrogen-bond acceptors (Lipinski definition) is 6. The molecule has 1 aliphatic carbocycles. The zero-order valence-electron chi connectivity index (χ0n) is 13.4. The van der Waals surface area contributed by atoms with Crippen LogP contribution in [0.25, 0.3) is 11.2 Å². The smallest absolute Gasteiger partial charge is 0.224 e. The van der Waals surface area contributed by atoms with E-state index in [0.717, 1.165) is 19.4 Å². The summed E-state index contributed by atoms with van der Waals surface area (Å²) in [6, 6.07) is 0. The molecule has 1 aliphatic rings. The number of aliphatic hydroxyl groups excluding tert-OH is 1. The van der Waals surface area contributed by atoms with E-state index in [2.05, 4.69) is 35.7 Å². The minimum absolute atomic E-state index is 0.0302. The average Bonchev–Trinajstić information content (AvgIpc) is 2.94. The lowest BCUT2D eigenvalue weighted by Gasteiger charge is -2.40. The molecule has 2 aromatic heterocycles. The lowest BCUT2D eigenvalue weighted by atomic mass is 9.66.